The van der Waals surface area contributed by atoms with Gasteiger partial charge in [-0.15, -0.1) is 15.3 Å². The van der Waals surface area contributed by atoms with Gasteiger partial charge in [0.2, 0.25) is 11.7 Å². The first-order chi connectivity index (χ1) is 16.7. The van der Waals surface area contributed by atoms with Crippen LogP contribution in [0.15, 0.2) is 59.6 Å². The second-order valence-electron chi connectivity index (χ2n) is 7.53. The van der Waals surface area contributed by atoms with Crippen LogP contribution >= 0.6 is 0 Å². The second kappa shape index (κ2) is 9.28. The molecule has 34 heavy (non-hydrogen) atoms. The first-order valence-corrected chi connectivity index (χ1v) is 10.8. The van der Waals surface area contributed by atoms with Gasteiger partial charge >= 0.3 is 0 Å². The molecule has 0 saturated heterocycles. The van der Waals surface area contributed by atoms with Crippen LogP contribution in [-0.2, 0) is 18.0 Å². The minimum atomic E-state index is 0.231. The molecule has 0 fully saturated rings. The number of ether oxygens (including phenoxy) is 2. The topological polar surface area (TPSA) is 112 Å². The highest BCUT2D eigenvalue weighted by atomic mass is 16.5. The maximum Gasteiger partial charge on any atom is 0.240 e. The number of hydrogen-bond donors (Lipinski definition) is 1. The van der Waals surface area contributed by atoms with Gasteiger partial charge in [0.05, 0.1) is 17.1 Å². The lowest BCUT2D eigenvalue weighted by molar-refractivity contribution is 0.156. The van der Waals surface area contributed by atoms with Crippen molar-refractivity contribution in [2.24, 2.45) is 0 Å². The maximum atomic E-state index is 6.15. The van der Waals surface area contributed by atoms with Gasteiger partial charge in [-0.25, -0.2) is 4.98 Å². The molecule has 0 radical (unpaired) electrons. The number of aromatic nitrogens is 6. The van der Waals surface area contributed by atoms with Gasteiger partial charge in [0, 0.05) is 30.5 Å². The molecule has 5 aromatic rings. The van der Waals surface area contributed by atoms with Crippen LogP contribution in [0.4, 0.5) is 0 Å². The van der Waals surface area contributed by atoms with Crippen molar-refractivity contribution in [3.63, 3.8) is 0 Å². The molecule has 1 aromatic carbocycles. The molecule has 0 spiro atoms. The highest BCUT2D eigenvalue weighted by Crippen LogP contribution is 2.29. The molecule has 0 amide bonds. The van der Waals surface area contributed by atoms with Gasteiger partial charge in [-0.1, -0.05) is 36.0 Å². The third-order valence-corrected chi connectivity index (χ3v) is 5.17. The van der Waals surface area contributed by atoms with Gasteiger partial charge in [-0.05, 0) is 25.1 Å². The van der Waals surface area contributed by atoms with Crippen LogP contribution in [0.3, 0.4) is 0 Å². The van der Waals surface area contributed by atoms with Gasteiger partial charge in [-0.3, -0.25) is 0 Å². The largest absolute Gasteiger partial charge is 0.470 e. The van der Waals surface area contributed by atoms with Gasteiger partial charge in [-0.2, -0.15) is 4.52 Å². The number of benzene rings is 1. The number of methoxy groups -OCH3 is 1. The molecular formula is C24H23N7O3. The van der Waals surface area contributed by atoms with Gasteiger partial charge in [0.1, 0.15) is 13.2 Å². The molecule has 4 heterocycles. The van der Waals surface area contributed by atoms with Crippen molar-refractivity contribution in [1.82, 2.24) is 35.3 Å². The minimum Gasteiger partial charge on any atom is -0.470 e. The van der Waals surface area contributed by atoms with E-state index in [0.717, 1.165) is 34.4 Å². The van der Waals surface area contributed by atoms with Crippen molar-refractivity contribution in [3.8, 4) is 17.4 Å². The quantitative estimate of drug-likeness (QED) is 0.354. The molecular weight excluding hydrogens is 434 g/mol. The zero-order valence-corrected chi connectivity index (χ0v) is 18.9. The maximum absolute atomic E-state index is 6.15. The molecule has 0 aliphatic heterocycles. The van der Waals surface area contributed by atoms with Crippen LogP contribution in [-0.4, -0.2) is 43.6 Å². The van der Waals surface area contributed by atoms with E-state index in [-0.39, 0.29) is 6.61 Å². The average Bonchev–Trinajstić information content (AvgIpc) is 3.50. The van der Waals surface area contributed by atoms with Crippen molar-refractivity contribution < 1.29 is 14.0 Å². The Kier molecular flexibility index (Phi) is 5.88. The Labute approximate surface area is 195 Å². The van der Waals surface area contributed by atoms with E-state index in [9.17, 15) is 0 Å². The monoisotopic (exact) mass is 457 g/mol. The lowest BCUT2D eigenvalue weighted by atomic mass is 10.2. The van der Waals surface area contributed by atoms with Crippen molar-refractivity contribution in [1.29, 1.82) is 0 Å². The highest BCUT2D eigenvalue weighted by molar-refractivity contribution is 5.96. The number of nitrogens with one attached hydrogen (secondary N) is 1. The van der Waals surface area contributed by atoms with E-state index in [1.807, 2.05) is 49.4 Å². The normalized spacial score (nSPS) is 11.2. The first-order valence-electron chi connectivity index (χ1n) is 10.8. The summed E-state index contributed by atoms with van der Waals surface area (Å²) in [6.45, 7) is 7.36. The summed E-state index contributed by atoms with van der Waals surface area (Å²) >= 11 is 0. The molecule has 5 rings (SSSR count). The van der Waals surface area contributed by atoms with E-state index >= 15 is 0 Å². The SMILES string of the molecule is C=C(NCC)c1cccc(COc2nn3c(-c4cc(COC)on4)nnc3c3ccccc23)n1. The molecule has 0 atom stereocenters. The van der Waals surface area contributed by atoms with E-state index in [0.29, 0.717) is 35.4 Å². The van der Waals surface area contributed by atoms with Gasteiger partial charge in [0.25, 0.3) is 0 Å². The Bertz CT molecular complexity index is 1470. The van der Waals surface area contributed by atoms with E-state index < -0.39 is 0 Å². The summed E-state index contributed by atoms with van der Waals surface area (Å²) in [6.07, 6.45) is 0. The van der Waals surface area contributed by atoms with Crippen LogP contribution < -0.4 is 10.1 Å². The average molecular weight is 457 g/mol. The summed E-state index contributed by atoms with van der Waals surface area (Å²) < 4.78 is 18.2. The molecule has 0 bridgehead atoms. The Morgan fingerprint density at radius 1 is 1.09 bits per heavy atom. The van der Waals surface area contributed by atoms with Crippen LogP contribution in [0, 0.1) is 0 Å². The predicted octanol–water partition coefficient (Wildman–Crippen LogP) is 3.63. The fourth-order valence-corrected chi connectivity index (χ4v) is 3.62. The van der Waals surface area contributed by atoms with E-state index in [4.69, 9.17) is 19.1 Å². The number of fused-ring (bicyclic) bond motifs is 3. The summed E-state index contributed by atoms with van der Waals surface area (Å²) in [5.41, 5.74) is 3.40. The van der Waals surface area contributed by atoms with Crippen LogP contribution in [0.25, 0.3) is 33.6 Å². The summed E-state index contributed by atoms with van der Waals surface area (Å²) in [5.74, 6) is 1.46. The fourth-order valence-electron chi connectivity index (χ4n) is 3.62. The van der Waals surface area contributed by atoms with Crippen LogP contribution in [0.2, 0.25) is 0 Å². The minimum absolute atomic E-state index is 0.231. The number of pyridine rings is 1. The Morgan fingerprint density at radius 3 is 2.76 bits per heavy atom. The molecule has 0 aliphatic carbocycles. The van der Waals surface area contributed by atoms with Crippen molar-refractivity contribution in [2.45, 2.75) is 20.1 Å². The third-order valence-electron chi connectivity index (χ3n) is 5.17. The predicted molar refractivity (Wildman–Crippen MR) is 126 cm³/mol. The van der Waals surface area contributed by atoms with Crippen molar-refractivity contribution in [3.05, 3.63) is 72.3 Å². The van der Waals surface area contributed by atoms with Crippen LogP contribution in [0.5, 0.6) is 5.88 Å². The zero-order valence-electron chi connectivity index (χ0n) is 18.9. The van der Waals surface area contributed by atoms with E-state index in [1.54, 1.807) is 17.7 Å². The molecule has 4 aromatic heterocycles. The summed E-state index contributed by atoms with van der Waals surface area (Å²) in [4.78, 5) is 4.64. The van der Waals surface area contributed by atoms with Crippen molar-refractivity contribution >= 4 is 22.1 Å². The molecule has 172 valence electrons. The molecule has 0 saturated carbocycles. The third kappa shape index (κ3) is 4.06. The lowest BCUT2D eigenvalue weighted by Crippen LogP contribution is -2.12. The number of rotatable bonds is 9. The smallest absolute Gasteiger partial charge is 0.240 e. The highest BCUT2D eigenvalue weighted by Gasteiger charge is 2.19. The lowest BCUT2D eigenvalue weighted by Gasteiger charge is -2.11. The van der Waals surface area contributed by atoms with E-state index in [2.05, 4.69) is 32.2 Å². The standard InChI is InChI=1S/C24H23N7O3/c1-4-25-15(2)20-11-7-8-16(26-20)13-33-24-19-10-6-5-9-18(19)22-27-28-23(31(22)29-24)21-12-17(14-32-3)34-30-21/h5-12,25H,2,4,13-14H2,1,3H3. The van der Waals surface area contributed by atoms with Gasteiger partial charge < -0.3 is 19.3 Å². The molecule has 10 heteroatoms. The first kappa shape index (κ1) is 21.5. The Morgan fingerprint density at radius 2 is 1.94 bits per heavy atom. The number of nitrogens with zero attached hydrogens (tertiary/aromatic N) is 6. The van der Waals surface area contributed by atoms with E-state index in [1.165, 1.54) is 0 Å². The van der Waals surface area contributed by atoms with Gasteiger partial charge in [0.15, 0.2) is 17.1 Å². The van der Waals surface area contributed by atoms with Crippen LogP contribution in [0.1, 0.15) is 24.1 Å². The fraction of sp³-hybridized carbons (Fsp3) is 0.208. The molecule has 1 N–H and O–H groups in total. The Balaban J connectivity index is 1.51. The zero-order chi connectivity index (χ0) is 23.5. The molecule has 0 aliphatic rings. The Hall–Kier alpha value is -4.31. The second-order valence-corrected chi connectivity index (χ2v) is 7.53. The number of hydrogen-bond acceptors (Lipinski definition) is 9. The molecule has 0 unspecified atom stereocenters. The summed E-state index contributed by atoms with van der Waals surface area (Å²) in [7, 11) is 1.59. The molecule has 10 nitrogen and oxygen atoms in total. The van der Waals surface area contributed by atoms with Crippen molar-refractivity contribution in [2.75, 3.05) is 13.7 Å². The summed E-state index contributed by atoms with van der Waals surface area (Å²) in [6, 6.07) is 15.3. The summed E-state index contributed by atoms with van der Waals surface area (Å²) in [5, 5.41) is 22.3.